The Morgan fingerprint density at radius 3 is 2.39 bits per heavy atom. The maximum absolute atomic E-state index is 9.79. The summed E-state index contributed by atoms with van der Waals surface area (Å²) in [5.74, 6) is 2.26. The van der Waals surface area contributed by atoms with Gasteiger partial charge in [-0.1, -0.05) is 18.2 Å². The first kappa shape index (κ1) is 23.9. The number of aliphatic imine (C=N–C) groups is 1. The molecule has 0 radical (unpaired) electrons. The number of ether oxygens (including phenoxy) is 2. The van der Waals surface area contributed by atoms with E-state index in [0.29, 0.717) is 18.9 Å². The number of rotatable bonds is 9. The van der Waals surface area contributed by atoms with Crippen molar-refractivity contribution in [3.05, 3.63) is 53.6 Å². The Labute approximate surface area is 184 Å². The maximum Gasteiger partial charge on any atom is 0.191 e. The monoisotopic (exact) mass is 499 g/mol. The zero-order chi connectivity index (χ0) is 19.5. The summed E-state index contributed by atoms with van der Waals surface area (Å²) in [5.41, 5.74) is 2.21. The summed E-state index contributed by atoms with van der Waals surface area (Å²) in [5, 5.41) is 16.4. The van der Waals surface area contributed by atoms with Crippen molar-refractivity contribution in [2.75, 3.05) is 26.8 Å². The molecule has 6 nitrogen and oxygen atoms in total. The molecule has 0 heterocycles. The van der Waals surface area contributed by atoms with Gasteiger partial charge in [0.15, 0.2) is 17.5 Å². The Morgan fingerprint density at radius 1 is 1.04 bits per heavy atom. The van der Waals surface area contributed by atoms with Gasteiger partial charge < -0.3 is 25.2 Å². The lowest BCUT2D eigenvalue weighted by Crippen LogP contribution is -2.38. The number of aromatic hydroxyl groups is 1. The number of hydrogen-bond acceptors (Lipinski definition) is 4. The molecule has 3 N–H and O–H groups in total. The molecule has 28 heavy (non-hydrogen) atoms. The minimum absolute atomic E-state index is 0. The average Bonchev–Trinajstić information content (AvgIpc) is 2.69. The van der Waals surface area contributed by atoms with Gasteiger partial charge in [-0.25, -0.2) is 4.99 Å². The average molecular weight is 499 g/mol. The minimum Gasteiger partial charge on any atom is -0.504 e. The predicted octanol–water partition coefficient (Wildman–Crippen LogP) is 3.72. The molecule has 0 fully saturated rings. The quantitative estimate of drug-likeness (QED) is 0.279. The molecule has 7 heteroatoms. The van der Waals surface area contributed by atoms with Crippen LogP contribution in [0.4, 0.5) is 0 Å². The molecule has 0 amide bonds. The molecule has 0 aliphatic carbocycles. The largest absolute Gasteiger partial charge is 0.504 e. The molecule has 2 rings (SSSR count). The Bertz CT molecular complexity index is 736. The summed E-state index contributed by atoms with van der Waals surface area (Å²) in [6.45, 7) is 6.49. The molecule has 0 unspecified atom stereocenters. The van der Waals surface area contributed by atoms with Crippen LogP contribution in [0.5, 0.6) is 17.2 Å². The van der Waals surface area contributed by atoms with Gasteiger partial charge in [0.05, 0.1) is 20.3 Å². The van der Waals surface area contributed by atoms with E-state index in [1.54, 1.807) is 13.2 Å². The first-order valence-corrected chi connectivity index (χ1v) is 9.26. The highest BCUT2D eigenvalue weighted by molar-refractivity contribution is 14.0. The fourth-order valence-corrected chi connectivity index (χ4v) is 2.56. The second-order valence-electron chi connectivity index (χ2n) is 5.96. The first-order chi connectivity index (χ1) is 13.2. The Kier molecular flexibility index (Phi) is 11.2. The van der Waals surface area contributed by atoms with Crippen molar-refractivity contribution in [1.82, 2.24) is 10.6 Å². The van der Waals surface area contributed by atoms with Crippen LogP contribution in [0, 0.1) is 0 Å². The van der Waals surface area contributed by atoms with Gasteiger partial charge in [0.25, 0.3) is 0 Å². The van der Waals surface area contributed by atoms with E-state index < -0.39 is 0 Å². The number of benzene rings is 2. The smallest absolute Gasteiger partial charge is 0.191 e. The molecule has 2 aromatic rings. The molecule has 0 saturated heterocycles. The van der Waals surface area contributed by atoms with Crippen molar-refractivity contribution >= 4 is 29.9 Å². The summed E-state index contributed by atoms with van der Waals surface area (Å²) in [6, 6.07) is 13.4. The van der Waals surface area contributed by atoms with Gasteiger partial charge in [0.1, 0.15) is 5.75 Å². The normalized spacial score (nSPS) is 10.8. The van der Waals surface area contributed by atoms with Crippen LogP contribution in [0.2, 0.25) is 0 Å². The van der Waals surface area contributed by atoms with Gasteiger partial charge in [-0.2, -0.15) is 0 Å². The van der Waals surface area contributed by atoms with Crippen molar-refractivity contribution in [1.29, 1.82) is 0 Å². The Morgan fingerprint density at radius 2 is 1.75 bits per heavy atom. The highest BCUT2D eigenvalue weighted by Gasteiger charge is 2.04. The number of nitrogens with zero attached hydrogens (tertiary/aromatic N) is 1. The van der Waals surface area contributed by atoms with E-state index >= 15 is 0 Å². The minimum atomic E-state index is 0. The molecule has 0 spiro atoms. The van der Waals surface area contributed by atoms with Gasteiger partial charge in [0, 0.05) is 13.1 Å². The van der Waals surface area contributed by atoms with E-state index in [1.807, 2.05) is 38.1 Å². The van der Waals surface area contributed by atoms with Crippen molar-refractivity contribution in [3.63, 3.8) is 0 Å². The Hall–Kier alpha value is -2.16. The lowest BCUT2D eigenvalue weighted by atomic mass is 10.1. The number of phenolic OH excluding ortho intramolecular Hbond substituents is 1. The Balaban J connectivity index is 0.00000392. The molecule has 0 aliphatic rings. The van der Waals surface area contributed by atoms with Crippen molar-refractivity contribution < 1.29 is 14.6 Å². The van der Waals surface area contributed by atoms with Crippen LogP contribution in [-0.2, 0) is 13.0 Å². The van der Waals surface area contributed by atoms with Gasteiger partial charge in [-0.15, -0.1) is 24.0 Å². The summed E-state index contributed by atoms with van der Waals surface area (Å²) in [4.78, 5) is 4.61. The summed E-state index contributed by atoms with van der Waals surface area (Å²) < 4.78 is 10.6. The number of phenols is 1. The maximum atomic E-state index is 9.79. The molecule has 2 aromatic carbocycles. The zero-order valence-electron chi connectivity index (χ0n) is 16.7. The number of nitrogens with one attached hydrogen (secondary N) is 2. The summed E-state index contributed by atoms with van der Waals surface area (Å²) >= 11 is 0. The van der Waals surface area contributed by atoms with Crippen LogP contribution >= 0.6 is 24.0 Å². The van der Waals surface area contributed by atoms with Gasteiger partial charge in [-0.3, -0.25) is 0 Å². The van der Waals surface area contributed by atoms with E-state index in [1.165, 1.54) is 5.56 Å². The van der Waals surface area contributed by atoms with E-state index in [0.717, 1.165) is 36.8 Å². The van der Waals surface area contributed by atoms with Crippen LogP contribution in [0.15, 0.2) is 47.5 Å². The van der Waals surface area contributed by atoms with Crippen LogP contribution < -0.4 is 20.1 Å². The van der Waals surface area contributed by atoms with Crippen LogP contribution in [0.25, 0.3) is 0 Å². The second kappa shape index (κ2) is 13.1. The third-order valence-electron chi connectivity index (χ3n) is 3.95. The fraction of sp³-hybridized carbons (Fsp3) is 0.381. The van der Waals surface area contributed by atoms with Gasteiger partial charge in [0.2, 0.25) is 0 Å². The molecular weight excluding hydrogens is 469 g/mol. The van der Waals surface area contributed by atoms with Crippen LogP contribution in [-0.4, -0.2) is 37.9 Å². The van der Waals surface area contributed by atoms with Crippen molar-refractivity contribution in [2.45, 2.75) is 26.8 Å². The van der Waals surface area contributed by atoms with Crippen LogP contribution in [0.1, 0.15) is 25.0 Å². The first-order valence-electron chi connectivity index (χ1n) is 9.26. The van der Waals surface area contributed by atoms with Crippen molar-refractivity contribution in [3.8, 4) is 17.2 Å². The molecule has 0 aliphatic heterocycles. The van der Waals surface area contributed by atoms with Gasteiger partial charge >= 0.3 is 0 Å². The van der Waals surface area contributed by atoms with E-state index in [-0.39, 0.29) is 29.7 Å². The lowest BCUT2D eigenvalue weighted by molar-refractivity contribution is 0.318. The van der Waals surface area contributed by atoms with E-state index in [9.17, 15) is 5.11 Å². The number of methoxy groups -OCH3 is 1. The highest BCUT2D eigenvalue weighted by atomic mass is 127. The third kappa shape index (κ3) is 7.84. The molecule has 0 atom stereocenters. The number of hydrogen-bond donors (Lipinski definition) is 3. The van der Waals surface area contributed by atoms with Crippen molar-refractivity contribution in [2.24, 2.45) is 4.99 Å². The summed E-state index contributed by atoms with van der Waals surface area (Å²) in [6.07, 6.45) is 0.891. The van der Waals surface area contributed by atoms with Gasteiger partial charge in [-0.05, 0) is 55.7 Å². The summed E-state index contributed by atoms with van der Waals surface area (Å²) in [7, 11) is 1.67. The van der Waals surface area contributed by atoms with E-state index in [4.69, 9.17) is 9.47 Å². The highest BCUT2D eigenvalue weighted by Crippen LogP contribution is 2.27. The standard InChI is InChI=1S/C21H29N3O3.HI/c1-4-22-21(23-13-12-16-6-9-18(26-3)10-7-16)24-15-17-8-11-19(25)20(14-17)27-5-2;/h6-11,14,25H,4-5,12-13,15H2,1-3H3,(H2,22,23,24);1H. The third-order valence-corrected chi connectivity index (χ3v) is 3.95. The SMILES string of the molecule is CCNC(=NCc1ccc(O)c(OCC)c1)NCCc1ccc(OC)cc1.I. The molecule has 0 saturated carbocycles. The molecule has 0 bridgehead atoms. The number of halogens is 1. The fourth-order valence-electron chi connectivity index (χ4n) is 2.56. The zero-order valence-corrected chi connectivity index (χ0v) is 19.0. The second-order valence-corrected chi connectivity index (χ2v) is 5.96. The topological polar surface area (TPSA) is 75.1 Å². The molecular formula is C21H30IN3O3. The molecule has 0 aromatic heterocycles. The van der Waals surface area contributed by atoms with Crippen LogP contribution in [0.3, 0.4) is 0 Å². The lowest BCUT2D eigenvalue weighted by Gasteiger charge is -2.12. The number of guanidine groups is 1. The molecule has 154 valence electrons. The van der Waals surface area contributed by atoms with E-state index in [2.05, 4.69) is 27.8 Å². The predicted molar refractivity (Wildman–Crippen MR) is 124 cm³/mol.